The molecule has 0 aliphatic rings. The molecular formula is C7H13F3O2. The van der Waals surface area contributed by atoms with Crippen molar-refractivity contribution in [3.63, 3.8) is 0 Å². The van der Waals surface area contributed by atoms with Gasteiger partial charge >= 0.3 is 6.36 Å². The van der Waals surface area contributed by atoms with Crippen molar-refractivity contribution in [3.8, 4) is 0 Å². The Morgan fingerprint density at radius 1 is 1.25 bits per heavy atom. The summed E-state index contributed by atoms with van der Waals surface area (Å²) in [4.78, 5) is 0. The van der Waals surface area contributed by atoms with Crippen molar-refractivity contribution >= 4 is 0 Å². The summed E-state index contributed by atoms with van der Waals surface area (Å²) in [5.41, 5.74) is -0.592. The molecule has 0 aromatic carbocycles. The normalized spacial score (nSPS) is 16.2. The number of alkyl halides is 3. The van der Waals surface area contributed by atoms with Crippen LogP contribution in [-0.4, -0.2) is 24.2 Å². The SMILES string of the molecule is CC(C)(C)C(O)COC(F)(F)F. The van der Waals surface area contributed by atoms with Crippen molar-refractivity contribution in [2.24, 2.45) is 5.41 Å². The maximum absolute atomic E-state index is 11.5. The van der Waals surface area contributed by atoms with Gasteiger partial charge in [-0.15, -0.1) is 13.2 Å². The van der Waals surface area contributed by atoms with Gasteiger partial charge in [0.2, 0.25) is 0 Å². The van der Waals surface area contributed by atoms with Crippen LogP contribution in [0.3, 0.4) is 0 Å². The van der Waals surface area contributed by atoms with Gasteiger partial charge in [-0.1, -0.05) is 20.8 Å². The molecule has 0 aliphatic heterocycles. The van der Waals surface area contributed by atoms with Gasteiger partial charge in [-0.05, 0) is 5.41 Å². The van der Waals surface area contributed by atoms with Gasteiger partial charge in [0.15, 0.2) is 0 Å². The Morgan fingerprint density at radius 2 is 1.67 bits per heavy atom. The molecule has 0 amide bonds. The van der Waals surface area contributed by atoms with Crippen molar-refractivity contribution < 1.29 is 23.0 Å². The Balaban J connectivity index is 3.80. The minimum atomic E-state index is -4.66. The number of ether oxygens (including phenoxy) is 1. The fourth-order valence-electron chi connectivity index (χ4n) is 0.423. The van der Waals surface area contributed by atoms with Gasteiger partial charge in [0.05, 0.1) is 12.7 Å². The highest BCUT2D eigenvalue weighted by molar-refractivity contribution is 4.71. The zero-order valence-corrected chi connectivity index (χ0v) is 7.27. The third-order valence-electron chi connectivity index (χ3n) is 1.40. The molecule has 5 heteroatoms. The summed E-state index contributed by atoms with van der Waals surface area (Å²) in [7, 11) is 0. The summed E-state index contributed by atoms with van der Waals surface area (Å²) in [6.07, 6.45) is -5.77. The fraction of sp³-hybridized carbons (Fsp3) is 1.00. The van der Waals surface area contributed by atoms with Crippen LogP contribution in [0, 0.1) is 5.41 Å². The Morgan fingerprint density at radius 3 is 1.92 bits per heavy atom. The zero-order chi connectivity index (χ0) is 9.99. The molecule has 1 atom stereocenters. The summed E-state index contributed by atoms with van der Waals surface area (Å²) in [5, 5.41) is 9.12. The Labute approximate surface area is 69.3 Å². The fourth-order valence-corrected chi connectivity index (χ4v) is 0.423. The molecule has 0 aromatic rings. The number of halogens is 3. The molecule has 0 saturated heterocycles. The minimum absolute atomic E-state index is 0.592. The van der Waals surface area contributed by atoms with Crippen LogP contribution in [-0.2, 0) is 4.74 Å². The van der Waals surface area contributed by atoms with Gasteiger partial charge in [0.1, 0.15) is 0 Å². The lowest BCUT2D eigenvalue weighted by molar-refractivity contribution is -0.333. The molecule has 0 bridgehead atoms. The van der Waals surface area contributed by atoms with Crippen LogP contribution >= 0.6 is 0 Å². The molecule has 0 radical (unpaired) electrons. The van der Waals surface area contributed by atoms with Gasteiger partial charge in [0.25, 0.3) is 0 Å². The molecule has 0 saturated carbocycles. The summed E-state index contributed by atoms with van der Waals surface area (Å²) in [5.74, 6) is 0. The maximum atomic E-state index is 11.5. The number of aliphatic hydroxyl groups is 1. The van der Waals surface area contributed by atoms with Crippen molar-refractivity contribution in [2.75, 3.05) is 6.61 Å². The van der Waals surface area contributed by atoms with E-state index in [-0.39, 0.29) is 0 Å². The van der Waals surface area contributed by atoms with Gasteiger partial charge in [-0.25, -0.2) is 0 Å². The molecule has 74 valence electrons. The smallest absolute Gasteiger partial charge is 0.390 e. The van der Waals surface area contributed by atoms with E-state index in [2.05, 4.69) is 4.74 Å². The highest BCUT2D eigenvalue weighted by Gasteiger charge is 2.32. The first-order chi connectivity index (χ1) is 5.13. The van der Waals surface area contributed by atoms with Crippen molar-refractivity contribution in [1.82, 2.24) is 0 Å². The van der Waals surface area contributed by atoms with E-state index in [0.29, 0.717) is 0 Å². The number of aliphatic hydroxyl groups excluding tert-OH is 1. The maximum Gasteiger partial charge on any atom is 0.522 e. The lowest BCUT2D eigenvalue weighted by atomic mass is 9.90. The van der Waals surface area contributed by atoms with E-state index >= 15 is 0 Å². The van der Waals surface area contributed by atoms with Gasteiger partial charge in [0, 0.05) is 0 Å². The van der Waals surface area contributed by atoms with Crippen molar-refractivity contribution in [1.29, 1.82) is 0 Å². The van der Waals surface area contributed by atoms with E-state index in [0.717, 1.165) is 0 Å². The number of hydrogen-bond acceptors (Lipinski definition) is 2. The standard InChI is InChI=1S/C7H13F3O2/c1-6(2,3)5(11)4-12-7(8,9)10/h5,11H,4H2,1-3H3. The van der Waals surface area contributed by atoms with Crippen LogP contribution in [0.1, 0.15) is 20.8 Å². The predicted octanol–water partition coefficient (Wildman–Crippen LogP) is 1.93. The topological polar surface area (TPSA) is 29.5 Å². The van der Waals surface area contributed by atoms with Crippen LogP contribution in [0.2, 0.25) is 0 Å². The van der Waals surface area contributed by atoms with E-state index in [9.17, 15) is 13.2 Å². The first kappa shape index (κ1) is 11.7. The molecule has 1 N–H and O–H groups in total. The number of rotatable bonds is 2. The van der Waals surface area contributed by atoms with Crippen molar-refractivity contribution in [3.05, 3.63) is 0 Å². The first-order valence-corrected chi connectivity index (χ1v) is 3.51. The van der Waals surface area contributed by atoms with Crippen LogP contribution < -0.4 is 0 Å². The predicted molar refractivity (Wildman–Crippen MR) is 37.5 cm³/mol. The average Bonchev–Trinajstić information content (AvgIpc) is 1.78. The molecule has 0 aliphatic carbocycles. The third kappa shape index (κ3) is 5.37. The van der Waals surface area contributed by atoms with Crippen molar-refractivity contribution in [2.45, 2.75) is 33.2 Å². The first-order valence-electron chi connectivity index (χ1n) is 3.51. The van der Waals surface area contributed by atoms with E-state index in [1.807, 2.05) is 0 Å². The number of hydrogen-bond donors (Lipinski definition) is 1. The average molecular weight is 186 g/mol. The highest BCUT2D eigenvalue weighted by Crippen LogP contribution is 2.23. The quantitative estimate of drug-likeness (QED) is 0.714. The zero-order valence-electron chi connectivity index (χ0n) is 7.27. The van der Waals surface area contributed by atoms with Gasteiger partial charge in [-0.2, -0.15) is 0 Å². The molecule has 0 aromatic heterocycles. The third-order valence-corrected chi connectivity index (χ3v) is 1.40. The summed E-state index contributed by atoms with van der Waals surface area (Å²) in [6.45, 7) is 4.19. The second-order valence-electron chi connectivity index (χ2n) is 3.64. The molecule has 12 heavy (non-hydrogen) atoms. The minimum Gasteiger partial charge on any atom is -0.390 e. The van der Waals surface area contributed by atoms with E-state index in [1.165, 1.54) is 0 Å². The van der Waals surface area contributed by atoms with E-state index in [1.54, 1.807) is 20.8 Å². The molecule has 0 spiro atoms. The summed E-state index contributed by atoms with van der Waals surface area (Å²) < 4.78 is 37.9. The molecule has 2 nitrogen and oxygen atoms in total. The second kappa shape index (κ2) is 3.62. The molecule has 0 heterocycles. The Hall–Kier alpha value is -0.290. The lowest BCUT2D eigenvalue weighted by Crippen LogP contribution is -2.33. The largest absolute Gasteiger partial charge is 0.522 e. The lowest BCUT2D eigenvalue weighted by Gasteiger charge is -2.25. The molecule has 0 fully saturated rings. The van der Waals surface area contributed by atoms with Crippen LogP contribution in [0.4, 0.5) is 13.2 Å². The summed E-state index contributed by atoms with van der Waals surface area (Å²) >= 11 is 0. The van der Waals surface area contributed by atoms with E-state index < -0.39 is 24.5 Å². The highest BCUT2D eigenvalue weighted by atomic mass is 19.4. The van der Waals surface area contributed by atoms with Crippen LogP contribution in [0.25, 0.3) is 0 Å². The monoisotopic (exact) mass is 186 g/mol. The van der Waals surface area contributed by atoms with Crippen LogP contribution in [0.5, 0.6) is 0 Å². The molecule has 1 unspecified atom stereocenters. The Kier molecular flexibility index (Phi) is 3.53. The van der Waals surface area contributed by atoms with Gasteiger partial charge < -0.3 is 5.11 Å². The molecule has 0 rings (SSSR count). The van der Waals surface area contributed by atoms with Crippen LogP contribution in [0.15, 0.2) is 0 Å². The Bertz CT molecular complexity index is 137. The van der Waals surface area contributed by atoms with E-state index in [4.69, 9.17) is 5.11 Å². The van der Waals surface area contributed by atoms with Gasteiger partial charge in [-0.3, -0.25) is 4.74 Å². The second-order valence-corrected chi connectivity index (χ2v) is 3.64. The molecular weight excluding hydrogens is 173 g/mol. The summed E-state index contributed by atoms with van der Waals surface area (Å²) in [6, 6.07) is 0.